The molecule has 0 unspecified atom stereocenters. The maximum absolute atomic E-state index is 12.4. The lowest BCUT2D eigenvalue weighted by atomic mass is 9.91. The minimum absolute atomic E-state index is 0.0446. The van der Waals surface area contributed by atoms with Crippen LogP contribution in [0.1, 0.15) is 44.9 Å². The lowest BCUT2D eigenvalue weighted by Gasteiger charge is -2.36. The molecule has 0 bridgehead atoms. The van der Waals surface area contributed by atoms with Crippen molar-refractivity contribution in [3.63, 3.8) is 0 Å². The highest BCUT2D eigenvalue weighted by molar-refractivity contribution is 5.84. The number of benzene rings is 2. The van der Waals surface area contributed by atoms with Gasteiger partial charge in [0.05, 0.1) is 6.04 Å². The molecule has 116 valence electrons. The summed E-state index contributed by atoms with van der Waals surface area (Å²) in [4.78, 5) is 14.2. The molecule has 0 saturated carbocycles. The normalized spacial score (nSPS) is 18.2. The standard InChI is InChI=1S/C19H23NO2/c1-13-17-12-15-8-6-5-7-14(15)11-16(17)9-10-20(13)18(21)22-19(2,3)4/h5-8,11-13H,9-10H2,1-4H3/t13-/m1/s1. The summed E-state index contributed by atoms with van der Waals surface area (Å²) in [7, 11) is 0. The van der Waals surface area contributed by atoms with Gasteiger partial charge in [0.1, 0.15) is 5.60 Å². The molecule has 22 heavy (non-hydrogen) atoms. The first kappa shape index (κ1) is 14.9. The molecule has 3 rings (SSSR count). The molecular formula is C19H23NO2. The van der Waals surface area contributed by atoms with Crippen molar-refractivity contribution in [1.82, 2.24) is 4.90 Å². The molecule has 1 aliphatic heterocycles. The number of hydrogen-bond donors (Lipinski definition) is 0. The van der Waals surface area contributed by atoms with Gasteiger partial charge < -0.3 is 9.64 Å². The van der Waals surface area contributed by atoms with Gasteiger partial charge in [0, 0.05) is 6.54 Å². The van der Waals surface area contributed by atoms with Crippen LogP contribution in [0.2, 0.25) is 0 Å². The number of ether oxygens (including phenoxy) is 1. The molecule has 0 saturated heterocycles. The predicted octanol–water partition coefficient (Wildman–Crippen LogP) is 4.69. The predicted molar refractivity (Wildman–Crippen MR) is 89.0 cm³/mol. The van der Waals surface area contributed by atoms with Crippen LogP contribution >= 0.6 is 0 Å². The molecule has 1 atom stereocenters. The van der Waals surface area contributed by atoms with Gasteiger partial charge in [-0.15, -0.1) is 0 Å². The molecule has 0 N–H and O–H groups in total. The quantitative estimate of drug-likeness (QED) is 0.705. The first-order chi connectivity index (χ1) is 10.3. The van der Waals surface area contributed by atoms with Crippen LogP contribution in [0, 0.1) is 0 Å². The van der Waals surface area contributed by atoms with Gasteiger partial charge in [-0.25, -0.2) is 4.79 Å². The number of carbonyl (C=O) groups is 1. The lowest BCUT2D eigenvalue weighted by molar-refractivity contribution is 0.0160. The summed E-state index contributed by atoms with van der Waals surface area (Å²) in [5, 5.41) is 2.48. The second-order valence-electron chi connectivity index (χ2n) is 7.00. The molecular weight excluding hydrogens is 274 g/mol. The fourth-order valence-electron chi connectivity index (χ4n) is 3.08. The number of nitrogens with zero attached hydrogens (tertiary/aromatic N) is 1. The van der Waals surface area contributed by atoms with Crippen molar-refractivity contribution in [1.29, 1.82) is 0 Å². The van der Waals surface area contributed by atoms with Crippen molar-refractivity contribution in [2.24, 2.45) is 0 Å². The van der Waals surface area contributed by atoms with Gasteiger partial charge >= 0.3 is 6.09 Å². The first-order valence-corrected chi connectivity index (χ1v) is 7.86. The van der Waals surface area contributed by atoms with Crippen LogP contribution in [0.3, 0.4) is 0 Å². The Morgan fingerprint density at radius 2 is 1.82 bits per heavy atom. The summed E-state index contributed by atoms with van der Waals surface area (Å²) in [6.07, 6.45) is 0.655. The van der Waals surface area contributed by atoms with Crippen molar-refractivity contribution in [2.45, 2.75) is 45.8 Å². The molecule has 0 aliphatic carbocycles. The highest BCUT2D eigenvalue weighted by Gasteiger charge is 2.31. The van der Waals surface area contributed by atoms with E-state index in [1.54, 1.807) is 0 Å². The van der Waals surface area contributed by atoms with Crippen LogP contribution in [0.4, 0.5) is 4.79 Å². The maximum Gasteiger partial charge on any atom is 0.410 e. The molecule has 0 spiro atoms. The van der Waals surface area contributed by atoms with Gasteiger partial charge in [-0.1, -0.05) is 30.3 Å². The van der Waals surface area contributed by atoms with E-state index in [2.05, 4.69) is 37.3 Å². The zero-order valence-electron chi connectivity index (χ0n) is 13.7. The van der Waals surface area contributed by atoms with E-state index < -0.39 is 5.60 Å². The van der Waals surface area contributed by atoms with Crippen molar-refractivity contribution < 1.29 is 9.53 Å². The first-order valence-electron chi connectivity index (χ1n) is 7.86. The van der Waals surface area contributed by atoms with E-state index in [0.29, 0.717) is 6.54 Å². The molecule has 1 aliphatic rings. The van der Waals surface area contributed by atoms with Gasteiger partial charge in [0.15, 0.2) is 0 Å². The van der Waals surface area contributed by atoms with Crippen LogP contribution in [-0.2, 0) is 11.2 Å². The Bertz CT molecular complexity index is 715. The molecule has 0 fully saturated rings. The minimum Gasteiger partial charge on any atom is -0.444 e. The SMILES string of the molecule is C[C@@H]1c2cc3ccccc3cc2CCN1C(=O)OC(C)(C)C. The number of hydrogen-bond acceptors (Lipinski definition) is 2. The third-order valence-corrected chi connectivity index (χ3v) is 4.18. The average Bonchev–Trinajstić information content (AvgIpc) is 2.44. The second kappa shape index (κ2) is 5.31. The smallest absolute Gasteiger partial charge is 0.410 e. The highest BCUT2D eigenvalue weighted by atomic mass is 16.6. The summed E-state index contributed by atoms with van der Waals surface area (Å²) < 4.78 is 5.54. The van der Waals surface area contributed by atoms with E-state index in [9.17, 15) is 4.79 Å². The zero-order valence-corrected chi connectivity index (χ0v) is 13.7. The van der Waals surface area contributed by atoms with Crippen LogP contribution in [-0.4, -0.2) is 23.1 Å². The topological polar surface area (TPSA) is 29.5 Å². The molecule has 0 aromatic heterocycles. The van der Waals surface area contributed by atoms with E-state index >= 15 is 0 Å². The largest absolute Gasteiger partial charge is 0.444 e. The third-order valence-electron chi connectivity index (χ3n) is 4.18. The molecule has 2 aromatic carbocycles. The second-order valence-corrected chi connectivity index (χ2v) is 7.00. The summed E-state index contributed by atoms with van der Waals surface area (Å²) >= 11 is 0. The maximum atomic E-state index is 12.4. The molecule has 2 aromatic rings. The van der Waals surface area contributed by atoms with E-state index in [-0.39, 0.29) is 12.1 Å². The Balaban J connectivity index is 1.93. The van der Waals surface area contributed by atoms with Crippen LogP contribution < -0.4 is 0 Å². The van der Waals surface area contributed by atoms with Gasteiger partial charge in [-0.3, -0.25) is 0 Å². The van der Waals surface area contributed by atoms with E-state index in [0.717, 1.165) is 6.42 Å². The van der Waals surface area contributed by atoms with Crippen molar-refractivity contribution in [3.05, 3.63) is 47.5 Å². The summed E-state index contributed by atoms with van der Waals surface area (Å²) in [5.74, 6) is 0. The Kier molecular flexibility index (Phi) is 3.59. The summed E-state index contributed by atoms with van der Waals surface area (Å²) in [6.45, 7) is 8.50. The van der Waals surface area contributed by atoms with Crippen LogP contribution in [0.5, 0.6) is 0 Å². The minimum atomic E-state index is -0.458. The number of fused-ring (bicyclic) bond motifs is 2. The van der Waals surface area contributed by atoms with Crippen LogP contribution in [0.25, 0.3) is 10.8 Å². The number of amides is 1. The van der Waals surface area contributed by atoms with Gasteiger partial charge in [0.25, 0.3) is 0 Å². The lowest BCUT2D eigenvalue weighted by Crippen LogP contribution is -2.42. The summed E-state index contributed by atoms with van der Waals surface area (Å²) in [5.41, 5.74) is 2.11. The summed E-state index contributed by atoms with van der Waals surface area (Å²) in [6, 6.07) is 12.9. The van der Waals surface area contributed by atoms with Gasteiger partial charge in [0.2, 0.25) is 0 Å². The molecule has 3 heteroatoms. The molecule has 3 nitrogen and oxygen atoms in total. The van der Waals surface area contributed by atoms with Gasteiger partial charge in [-0.2, -0.15) is 0 Å². The number of carbonyl (C=O) groups excluding carboxylic acids is 1. The Hall–Kier alpha value is -2.03. The van der Waals surface area contributed by atoms with Crippen LogP contribution in [0.15, 0.2) is 36.4 Å². The van der Waals surface area contributed by atoms with Gasteiger partial charge in [-0.05, 0) is 62.1 Å². The Morgan fingerprint density at radius 1 is 1.18 bits per heavy atom. The molecule has 1 amide bonds. The molecule has 1 heterocycles. The Labute approximate surface area is 131 Å². The van der Waals surface area contributed by atoms with E-state index in [1.807, 2.05) is 31.7 Å². The van der Waals surface area contributed by atoms with E-state index in [4.69, 9.17) is 4.74 Å². The number of rotatable bonds is 0. The Morgan fingerprint density at radius 3 is 2.45 bits per heavy atom. The van der Waals surface area contributed by atoms with Crippen molar-refractivity contribution in [2.75, 3.05) is 6.54 Å². The third kappa shape index (κ3) is 2.80. The van der Waals surface area contributed by atoms with E-state index in [1.165, 1.54) is 21.9 Å². The van der Waals surface area contributed by atoms with Crippen molar-refractivity contribution in [3.8, 4) is 0 Å². The highest BCUT2D eigenvalue weighted by Crippen LogP contribution is 2.33. The monoisotopic (exact) mass is 297 g/mol. The average molecular weight is 297 g/mol. The molecule has 0 radical (unpaired) electrons. The van der Waals surface area contributed by atoms with Crippen molar-refractivity contribution >= 4 is 16.9 Å². The fourth-order valence-corrected chi connectivity index (χ4v) is 3.08. The fraction of sp³-hybridized carbons (Fsp3) is 0.421. The zero-order chi connectivity index (χ0) is 15.9.